The topological polar surface area (TPSA) is 24.9 Å². The second-order valence-corrected chi connectivity index (χ2v) is 6.06. The molecule has 0 spiro atoms. The summed E-state index contributed by atoms with van der Waals surface area (Å²) in [7, 11) is 0. The Morgan fingerprint density at radius 1 is 1.38 bits per heavy atom. The molecule has 1 N–H and O–H groups in total. The minimum absolute atomic E-state index is 0.170. The van der Waals surface area contributed by atoms with Crippen molar-refractivity contribution in [2.45, 2.75) is 32.2 Å². The van der Waals surface area contributed by atoms with Crippen molar-refractivity contribution in [1.82, 2.24) is 4.98 Å². The molecule has 84 valence electrons. The van der Waals surface area contributed by atoms with Gasteiger partial charge in [0.05, 0.1) is 0 Å². The van der Waals surface area contributed by atoms with Gasteiger partial charge in [0.25, 0.3) is 0 Å². The number of anilines is 1. The lowest BCUT2D eigenvalue weighted by atomic mass is 9.98. The van der Waals surface area contributed by atoms with Crippen molar-refractivity contribution >= 4 is 27.2 Å². The molecule has 0 aliphatic heterocycles. The fourth-order valence-corrected chi connectivity index (χ4v) is 2.99. The second-order valence-electron chi connectivity index (χ2n) is 5.11. The van der Waals surface area contributed by atoms with E-state index in [1.807, 2.05) is 6.20 Å². The summed E-state index contributed by atoms with van der Waals surface area (Å²) in [5.41, 5.74) is 0.170. The first kappa shape index (κ1) is 10.1. The smallest absolute Gasteiger partial charge is 0.135 e. The van der Waals surface area contributed by atoms with Gasteiger partial charge in [0.15, 0.2) is 0 Å². The van der Waals surface area contributed by atoms with Crippen LogP contribution in [-0.4, -0.2) is 10.5 Å². The van der Waals surface area contributed by atoms with Gasteiger partial charge in [0.1, 0.15) is 5.82 Å². The molecule has 0 atom stereocenters. The minimum Gasteiger partial charge on any atom is -0.364 e. The van der Waals surface area contributed by atoms with Gasteiger partial charge in [0, 0.05) is 21.8 Å². The van der Waals surface area contributed by atoms with Crippen molar-refractivity contribution in [2.75, 3.05) is 5.32 Å². The molecule has 0 saturated heterocycles. The maximum atomic E-state index is 4.47. The normalized spacial score (nSPS) is 16.6. The van der Waals surface area contributed by atoms with Gasteiger partial charge in [-0.2, -0.15) is 0 Å². The van der Waals surface area contributed by atoms with Gasteiger partial charge >= 0.3 is 0 Å². The SMILES string of the molecule is CC(C)(Nc1nccc2sccc12)C1CC1. The Morgan fingerprint density at radius 2 is 2.19 bits per heavy atom. The molecule has 0 amide bonds. The number of hydrogen-bond donors (Lipinski definition) is 1. The minimum atomic E-state index is 0.170. The standard InChI is InChI=1S/C13H16N2S/c1-13(2,9-3-4-9)15-12-10-6-8-16-11(10)5-7-14-12/h5-9H,3-4H2,1-2H3,(H,14,15). The number of thiophene rings is 1. The highest BCUT2D eigenvalue weighted by molar-refractivity contribution is 7.17. The molecule has 0 bridgehead atoms. The van der Waals surface area contributed by atoms with Crippen molar-refractivity contribution in [2.24, 2.45) is 5.92 Å². The fourth-order valence-electron chi connectivity index (χ4n) is 2.21. The number of aromatic nitrogens is 1. The van der Waals surface area contributed by atoms with Gasteiger partial charge in [-0.3, -0.25) is 0 Å². The molecule has 3 heteroatoms. The summed E-state index contributed by atoms with van der Waals surface area (Å²) in [5, 5.41) is 6.98. The van der Waals surface area contributed by atoms with Crippen LogP contribution < -0.4 is 5.32 Å². The maximum Gasteiger partial charge on any atom is 0.135 e. The van der Waals surface area contributed by atoms with Crippen LogP contribution in [0.25, 0.3) is 10.1 Å². The lowest BCUT2D eigenvalue weighted by Gasteiger charge is -2.27. The number of rotatable bonds is 3. The molecule has 2 nitrogen and oxygen atoms in total. The third-order valence-corrected chi connectivity index (χ3v) is 4.30. The highest BCUT2D eigenvalue weighted by Gasteiger charge is 2.38. The molecule has 1 aliphatic carbocycles. The Bertz CT molecular complexity index is 511. The average molecular weight is 232 g/mol. The third-order valence-electron chi connectivity index (χ3n) is 3.42. The monoisotopic (exact) mass is 232 g/mol. The van der Waals surface area contributed by atoms with Crippen LogP contribution in [0.4, 0.5) is 5.82 Å². The number of hydrogen-bond acceptors (Lipinski definition) is 3. The Balaban J connectivity index is 1.96. The number of fused-ring (bicyclic) bond motifs is 1. The van der Waals surface area contributed by atoms with Crippen LogP contribution in [0.1, 0.15) is 26.7 Å². The Hall–Kier alpha value is -1.09. The summed E-state index contributed by atoms with van der Waals surface area (Å²) in [6.07, 6.45) is 4.59. The van der Waals surface area contributed by atoms with Crippen LogP contribution in [0.5, 0.6) is 0 Å². The van der Waals surface area contributed by atoms with Crippen LogP contribution >= 0.6 is 11.3 Å². The van der Waals surface area contributed by atoms with Gasteiger partial charge in [-0.25, -0.2) is 4.98 Å². The van der Waals surface area contributed by atoms with E-state index in [2.05, 4.69) is 41.7 Å². The molecule has 16 heavy (non-hydrogen) atoms. The lowest BCUT2D eigenvalue weighted by Crippen LogP contribution is -2.33. The highest BCUT2D eigenvalue weighted by atomic mass is 32.1. The first-order valence-corrected chi connectivity index (χ1v) is 6.65. The molecule has 2 heterocycles. The molecule has 2 aromatic heterocycles. The van der Waals surface area contributed by atoms with E-state index in [1.165, 1.54) is 22.9 Å². The van der Waals surface area contributed by atoms with Crippen LogP contribution in [0.2, 0.25) is 0 Å². The Kier molecular flexibility index (Phi) is 2.18. The van der Waals surface area contributed by atoms with Crippen molar-refractivity contribution in [3.8, 4) is 0 Å². The average Bonchev–Trinajstić information content (AvgIpc) is 2.98. The summed E-state index contributed by atoms with van der Waals surface area (Å²) in [6, 6.07) is 4.23. The van der Waals surface area contributed by atoms with Crippen LogP contribution in [0, 0.1) is 5.92 Å². The summed E-state index contributed by atoms with van der Waals surface area (Å²) >= 11 is 1.77. The summed E-state index contributed by atoms with van der Waals surface area (Å²) in [5.74, 6) is 1.85. The summed E-state index contributed by atoms with van der Waals surface area (Å²) in [4.78, 5) is 4.47. The summed E-state index contributed by atoms with van der Waals surface area (Å²) < 4.78 is 1.31. The molecule has 0 unspecified atom stereocenters. The quantitative estimate of drug-likeness (QED) is 0.868. The Labute approximate surface area is 99.7 Å². The molecular weight excluding hydrogens is 216 g/mol. The van der Waals surface area contributed by atoms with E-state index < -0.39 is 0 Å². The molecule has 2 aromatic rings. The van der Waals surface area contributed by atoms with Gasteiger partial charge < -0.3 is 5.32 Å². The lowest BCUT2D eigenvalue weighted by molar-refractivity contribution is 0.493. The predicted molar refractivity (Wildman–Crippen MR) is 70.0 cm³/mol. The highest BCUT2D eigenvalue weighted by Crippen LogP contribution is 2.41. The molecule has 3 rings (SSSR count). The number of pyridine rings is 1. The first-order valence-electron chi connectivity index (χ1n) is 5.77. The van der Waals surface area contributed by atoms with Crippen LogP contribution in [0.15, 0.2) is 23.7 Å². The largest absolute Gasteiger partial charge is 0.364 e. The van der Waals surface area contributed by atoms with Crippen LogP contribution in [-0.2, 0) is 0 Å². The molecule has 1 saturated carbocycles. The van der Waals surface area contributed by atoms with Crippen molar-refractivity contribution in [3.63, 3.8) is 0 Å². The summed E-state index contributed by atoms with van der Waals surface area (Å²) in [6.45, 7) is 4.55. The maximum absolute atomic E-state index is 4.47. The van der Waals surface area contributed by atoms with E-state index in [-0.39, 0.29) is 5.54 Å². The third kappa shape index (κ3) is 1.69. The number of nitrogens with zero attached hydrogens (tertiary/aromatic N) is 1. The predicted octanol–water partition coefficient (Wildman–Crippen LogP) is 3.90. The van der Waals surface area contributed by atoms with Gasteiger partial charge in [-0.15, -0.1) is 11.3 Å². The van der Waals surface area contributed by atoms with E-state index >= 15 is 0 Å². The van der Waals surface area contributed by atoms with E-state index in [1.54, 1.807) is 11.3 Å². The number of nitrogens with one attached hydrogen (secondary N) is 1. The van der Waals surface area contributed by atoms with Gasteiger partial charge in [0.2, 0.25) is 0 Å². The molecule has 0 aromatic carbocycles. The van der Waals surface area contributed by atoms with Gasteiger partial charge in [-0.05, 0) is 50.1 Å². The molecular formula is C13H16N2S. The van der Waals surface area contributed by atoms with E-state index in [4.69, 9.17) is 0 Å². The van der Waals surface area contributed by atoms with E-state index in [9.17, 15) is 0 Å². The fraction of sp³-hybridized carbons (Fsp3) is 0.462. The second kappa shape index (κ2) is 3.45. The van der Waals surface area contributed by atoms with Crippen molar-refractivity contribution < 1.29 is 0 Å². The molecule has 1 aliphatic rings. The van der Waals surface area contributed by atoms with Crippen molar-refractivity contribution in [1.29, 1.82) is 0 Å². The Morgan fingerprint density at radius 3 is 2.94 bits per heavy atom. The van der Waals surface area contributed by atoms with E-state index in [0.717, 1.165) is 11.7 Å². The van der Waals surface area contributed by atoms with E-state index in [0.29, 0.717) is 0 Å². The van der Waals surface area contributed by atoms with Gasteiger partial charge in [-0.1, -0.05) is 0 Å². The first-order chi connectivity index (χ1) is 7.67. The molecule has 1 fully saturated rings. The zero-order valence-electron chi connectivity index (χ0n) is 9.66. The zero-order valence-corrected chi connectivity index (χ0v) is 10.5. The molecule has 0 radical (unpaired) electrons. The van der Waals surface area contributed by atoms with Crippen LogP contribution in [0.3, 0.4) is 0 Å². The zero-order chi connectivity index (χ0) is 11.2. The van der Waals surface area contributed by atoms with Crippen molar-refractivity contribution in [3.05, 3.63) is 23.7 Å².